The number of unbranched alkanes of at least 4 members (excludes halogenated alkanes) is 2. The summed E-state index contributed by atoms with van der Waals surface area (Å²) >= 11 is 0. The van der Waals surface area contributed by atoms with E-state index in [0.29, 0.717) is 6.54 Å². The number of benzene rings is 1. The first-order valence-corrected chi connectivity index (χ1v) is 7.86. The molecule has 5 heteroatoms. The third-order valence-corrected chi connectivity index (χ3v) is 3.27. The molecule has 0 atom stereocenters. The van der Waals surface area contributed by atoms with Crippen molar-refractivity contribution in [2.45, 2.75) is 45.4 Å². The topological polar surface area (TPSA) is 58.6 Å². The molecule has 126 valence electrons. The molecular weight excluding hydrogens is 302 g/mol. The maximum absolute atomic E-state index is 10.3. The molecule has 0 fully saturated rings. The highest BCUT2D eigenvalue weighted by Crippen LogP contribution is 2.13. The number of carboxylic acid groups (broad SMARTS) is 1. The molecule has 0 radical (unpaired) electrons. The Morgan fingerprint density at radius 1 is 1.14 bits per heavy atom. The largest absolute Gasteiger partial charge is 0.494 e. The van der Waals surface area contributed by atoms with E-state index >= 15 is 0 Å². The Morgan fingerprint density at radius 2 is 1.86 bits per heavy atom. The molecular formula is C17H28ClNO3. The van der Waals surface area contributed by atoms with Gasteiger partial charge in [0.25, 0.3) is 0 Å². The predicted octanol–water partition coefficient (Wildman–Crippen LogP) is 3.67. The Kier molecular flexibility index (Phi) is 12.6. The fourth-order valence-corrected chi connectivity index (χ4v) is 2.03. The maximum atomic E-state index is 10.3. The zero-order chi connectivity index (χ0) is 15.3. The lowest BCUT2D eigenvalue weighted by atomic mass is 10.1. The SMILES string of the molecule is CCCCCOc1ccc(CCCNCCC(=O)O)cc1.Cl. The van der Waals surface area contributed by atoms with Crippen LogP contribution in [0.5, 0.6) is 5.75 Å². The van der Waals surface area contributed by atoms with Gasteiger partial charge in [-0.1, -0.05) is 31.9 Å². The fraction of sp³-hybridized carbons (Fsp3) is 0.588. The summed E-state index contributed by atoms with van der Waals surface area (Å²) in [5.74, 6) is 0.187. The molecule has 1 rings (SSSR count). The van der Waals surface area contributed by atoms with Crippen molar-refractivity contribution in [1.29, 1.82) is 0 Å². The first kappa shape index (κ1) is 20.7. The first-order valence-electron chi connectivity index (χ1n) is 7.86. The van der Waals surface area contributed by atoms with Gasteiger partial charge >= 0.3 is 5.97 Å². The van der Waals surface area contributed by atoms with E-state index in [-0.39, 0.29) is 18.8 Å². The lowest BCUT2D eigenvalue weighted by Gasteiger charge is -2.07. The minimum Gasteiger partial charge on any atom is -0.494 e. The summed E-state index contributed by atoms with van der Waals surface area (Å²) < 4.78 is 5.68. The summed E-state index contributed by atoms with van der Waals surface area (Å²) in [6.45, 7) is 4.37. The molecule has 1 aromatic rings. The maximum Gasteiger partial charge on any atom is 0.304 e. The first-order chi connectivity index (χ1) is 10.2. The molecule has 0 aliphatic carbocycles. The number of aryl methyl sites for hydroxylation is 1. The molecule has 0 amide bonds. The second kappa shape index (κ2) is 13.4. The number of ether oxygens (including phenoxy) is 1. The summed E-state index contributed by atoms with van der Waals surface area (Å²) in [4.78, 5) is 10.3. The van der Waals surface area contributed by atoms with Crippen LogP contribution < -0.4 is 10.1 Å². The van der Waals surface area contributed by atoms with Crippen molar-refractivity contribution in [1.82, 2.24) is 5.32 Å². The van der Waals surface area contributed by atoms with Crippen LogP contribution in [0.1, 0.15) is 44.6 Å². The molecule has 0 spiro atoms. The van der Waals surface area contributed by atoms with E-state index in [4.69, 9.17) is 9.84 Å². The Bertz CT molecular complexity index is 395. The van der Waals surface area contributed by atoms with Crippen LogP contribution in [-0.2, 0) is 11.2 Å². The molecule has 0 aromatic heterocycles. The lowest BCUT2D eigenvalue weighted by Crippen LogP contribution is -2.19. The summed E-state index contributed by atoms with van der Waals surface area (Å²) in [6.07, 6.45) is 5.73. The minimum absolute atomic E-state index is 0. The van der Waals surface area contributed by atoms with Gasteiger partial charge in [-0.15, -0.1) is 12.4 Å². The quantitative estimate of drug-likeness (QED) is 0.574. The highest BCUT2D eigenvalue weighted by molar-refractivity contribution is 5.85. The van der Waals surface area contributed by atoms with Gasteiger partial charge in [-0.05, 0) is 43.5 Å². The Hall–Kier alpha value is -1.26. The van der Waals surface area contributed by atoms with Crippen LogP contribution in [0.2, 0.25) is 0 Å². The predicted molar refractivity (Wildman–Crippen MR) is 92.2 cm³/mol. The van der Waals surface area contributed by atoms with Gasteiger partial charge in [0.15, 0.2) is 0 Å². The van der Waals surface area contributed by atoms with Gasteiger partial charge in [-0.2, -0.15) is 0 Å². The zero-order valence-corrected chi connectivity index (χ0v) is 14.2. The molecule has 2 N–H and O–H groups in total. The van der Waals surface area contributed by atoms with Gasteiger partial charge in [0.05, 0.1) is 13.0 Å². The van der Waals surface area contributed by atoms with Crippen molar-refractivity contribution in [2.75, 3.05) is 19.7 Å². The average Bonchev–Trinajstić information content (AvgIpc) is 2.48. The van der Waals surface area contributed by atoms with Crippen LogP contribution in [0.25, 0.3) is 0 Å². The van der Waals surface area contributed by atoms with Gasteiger partial charge in [-0.3, -0.25) is 4.79 Å². The second-order valence-corrected chi connectivity index (χ2v) is 5.20. The highest BCUT2D eigenvalue weighted by Gasteiger charge is 1.98. The standard InChI is InChI=1S/C17H27NO3.ClH/c1-2-3-4-14-21-16-9-7-15(8-10-16)6-5-12-18-13-11-17(19)20;/h7-10,18H,2-6,11-14H2,1H3,(H,19,20);1H. The third-order valence-electron chi connectivity index (χ3n) is 3.27. The van der Waals surface area contributed by atoms with Crippen LogP contribution in [0, 0.1) is 0 Å². The van der Waals surface area contributed by atoms with E-state index < -0.39 is 5.97 Å². The van der Waals surface area contributed by atoms with Gasteiger partial charge in [0, 0.05) is 6.54 Å². The van der Waals surface area contributed by atoms with E-state index in [2.05, 4.69) is 24.4 Å². The fourth-order valence-electron chi connectivity index (χ4n) is 2.03. The third kappa shape index (κ3) is 10.5. The Labute approximate surface area is 139 Å². The number of carboxylic acids is 1. The number of rotatable bonds is 12. The highest BCUT2D eigenvalue weighted by atomic mass is 35.5. The second-order valence-electron chi connectivity index (χ2n) is 5.20. The van der Waals surface area contributed by atoms with Crippen LogP contribution in [0.15, 0.2) is 24.3 Å². The summed E-state index contributed by atoms with van der Waals surface area (Å²) in [7, 11) is 0. The van der Waals surface area contributed by atoms with E-state index in [1.165, 1.54) is 18.4 Å². The number of nitrogens with one attached hydrogen (secondary N) is 1. The lowest BCUT2D eigenvalue weighted by molar-refractivity contribution is -0.136. The van der Waals surface area contributed by atoms with Crippen molar-refractivity contribution in [3.63, 3.8) is 0 Å². The summed E-state index contributed by atoms with van der Waals surface area (Å²) in [6, 6.07) is 8.26. The van der Waals surface area contributed by atoms with Crippen molar-refractivity contribution in [2.24, 2.45) is 0 Å². The molecule has 0 saturated carbocycles. The molecule has 1 aromatic carbocycles. The zero-order valence-electron chi connectivity index (χ0n) is 13.3. The van der Waals surface area contributed by atoms with Crippen molar-refractivity contribution >= 4 is 18.4 Å². The van der Waals surface area contributed by atoms with Crippen LogP contribution in [0.4, 0.5) is 0 Å². The Morgan fingerprint density at radius 3 is 2.50 bits per heavy atom. The number of halogens is 1. The monoisotopic (exact) mass is 329 g/mol. The summed E-state index contributed by atoms with van der Waals surface area (Å²) in [5, 5.41) is 11.6. The van der Waals surface area contributed by atoms with Gasteiger partial charge in [0.2, 0.25) is 0 Å². The number of hydrogen-bond donors (Lipinski definition) is 2. The van der Waals surface area contributed by atoms with Crippen molar-refractivity contribution in [3.05, 3.63) is 29.8 Å². The van der Waals surface area contributed by atoms with Gasteiger partial charge in [-0.25, -0.2) is 0 Å². The van der Waals surface area contributed by atoms with Crippen LogP contribution in [-0.4, -0.2) is 30.8 Å². The van der Waals surface area contributed by atoms with E-state index in [9.17, 15) is 4.79 Å². The minimum atomic E-state index is -0.753. The molecule has 0 bridgehead atoms. The van der Waals surface area contributed by atoms with E-state index in [0.717, 1.165) is 38.2 Å². The average molecular weight is 330 g/mol. The molecule has 0 saturated heterocycles. The molecule has 4 nitrogen and oxygen atoms in total. The molecule has 0 aliphatic rings. The normalized spacial score (nSPS) is 10.0. The van der Waals surface area contributed by atoms with Crippen LogP contribution >= 0.6 is 12.4 Å². The number of hydrogen-bond acceptors (Lipinski definition) is 3. The van der Waals surface area contributed by atoms with E-state index in [1.54, 1.807) is 0 Å². The van der Waals surface area contributed by atoms with Crippen LogP contribution in [0.3, 0.4) is 0 Å². The Balaban J connectivity index is 0.00000441. The number of aliphatic carboxylic acids is 1. The molecule has 0 unspecified atom stereocenters. The summed E-state index contributed by atoms with van der Waals surface area (Å²) in [5.41, 5.74) is 1.29. The van der Waals surface area contributed by atoms with E-state index in [1.807, 2.05) is 12.1 Å². The van der Waals surface area contributed by atoms with Gasteiger partial charge in [0.1, 0.15) is 5.75 Å². The molecule has 0 aliphatic heterocycles. The van der Waals surface area contributed by atoms with Gasteiger partial charge < -0.3 is 15.2 Å². The van der Waals surface area contributed by atoms with Crippen molar-refractivity contribution < 1.29 is 14.6 Å². The van der Waals surface area contributed by atoms with Crippen molar-refractivity contribution in [3.8, 4) is 5.75 Å². The molecule has 22 heavy (non-hydrogen) atoms. The number of carbonyl (C=O) groups is 1. The molecule has 0 heterocycles. The smallest absolute Gasteiger partial charge is 0.304 e.